The number of hydrogen-bond donors (Lipinski definition) is 1. The van der Waals surface area contributed by atoms with Crippen LogP contribution in [0.1, 0.15) is 17.5 Å². The molecule has 0 saturated carbocycles. The van der Waals surface area contributed by atoms with E-state index in [0.29, 0.717) is 5.88 Å². The van der Waals surface area contributed by atoms with Crippen molar-refractivity contribution in [3.63, 3.8) is 0 Å². The van der Waals surface area contributed by atoms with E-state index >= 15 is 0 Å². The first kappa shape index (κ1) is 11.1. The number of nitrogens with one attached hydrogen (secondary N) is 1. The molecule has 1 rings (SSSR count). The standard InChI is InChI=1S/C12H14ClN/c1-14-9-3-2-4-11-5-7-12(10-13)8-6-11/h5-8,14H,3,9-10H2,1H3. The molecule has 1 N–H and O–H groups in total. The fourth-order valence-corrected chi connectivity index (χ4v) is 1.21. The molecule has 0 aliphatic rings. The summed E-state index contributed by atoms with van der Waals surface area (Å²) in [6.07, 6.45) is 0.883. The lowest BCUT2D eigenvalue weighted by Crippen LogP contribution is -2.05. The molecule has 0 heterocycles. The molecule has 0 unspecified atom stereocenters. The third kappa shape index (κ3) is 3.83. The summed E-state index contributed by atoms with van der Waals surface area (Å²) < 4.78 is 0. The zero-order valence-corrected chi connectivity index (χ0v) is 9.06. The van der Waals surface area contributed by atoms with Gasteiger partial charge < -0.3 is 5.32 Å². The largest absolute Gasteiger partial charge is 0.319 e. The van der Waals surface area contributed by atoms with E-state index in [2.05, 4.69) is 17.2 Å². The Labute approximate surface area is 90.5 Å². The molecule has 0 aromatic heterocycles. The molecule has 0 radical (unpaired) electrons. The van der Waals surface area contributed by atoms with Gasteiger partial charge >= 0.3 is 0 Å². The molecule has 0 aliphatic carbocycles. The topological polar surface area (TPSA) is 12.0 Å². The number of halogens is 1. The molecule has 0 atom stereocenters. The maximum atomic E-state index is 5.68. The number of hydrogen-bond acceptors (Lipinski definition) is 1. The number of alkyl halides is 1. The molecule has 74 valence electrons. The molecule has 14 heavy (non-hydrogen) atoms. The second-order valence-electron chi connectivity index (χ2n) is 2.99. The fraction of sp³-hybridized carbons (Fsp3) is 0.333. The van der Waals surface area contributed by atoms with E-state index in [1.807, 2.05) is 31.3 Å². The molecule has 2 heteroatoms. The minimum absolute atomic E-state index is 0.563. The monoisotopic (exact) mass is 207 g/mol. The predicted octanol–water partition coefficient (Wildman–Crippen LogP) is 2.39. The first-order valence-electron chi connectivity index (χ1n) is 4.65. The molecule has 0 fully saturated rings. The van der Waals surface area contributed by atoms with E-state index in [4.69, 9.17) is 11.6 Å². The predicted molar refractivity (Wildman–Crippen MR) is 61.4 cm³/mol. The fourth-order valence-electron chi connectivity index (χ4n) is 1.03. The number of benzene rings is 1. The smallest absolute Gasteiger partial charge is 0.0474 e. The Bertz CT molecular complexity index is 318. The zero-order chi connectivity index (χ0) is 10.2. The summed E-state index contributed by atoms with van der Waals surface area (Å²) in [6.45, 7) is 0.937. The Kier molecular flexibility index (Phi) is 5.14. The van der Waals surface area contributed by atoms with Gasteiger partial charge in [0.25, 0.3) is 0 Å². The summed E-state index contributed by atoms with van der Waals surface area (Å²) in [4.78, 5) is 0. The van der Waals surface area contributed by atoms with Gasteiger partial charge in [-0.15, -0.1) is 11.6 Å². The highest BCUT2D eigenvalue weighted by molar-refractivity contribution is 6.17. The van der Waals surface area contributed by atoms with Crippen LogP contribution < -0.4 is 5.32 Å². The molecule has 1 aromatic rings. The van der Waals surface area contributed by atoms with Gasteiger partial charge in [0, 0.05) is 24.4 Å². The molecule has 0 bridgehead atoms. The van der Waals surface area contributed by atoms with Crippen LogP contribution in [0.3, 0.4) is 0 Å². The third-order valence-corrected chi connectivity index (χ3v) is 2.15. The van der Waals surface area contributed by atoms with Gasteiger partial charge in [0.1, 0.15) is 0 Å². The third-order valence-electron chi connectivity index (χ3n) is 1.84. The van der Waals surface area contributed by atoms with Crippen LogP contribution in [-0.2, 0) is 5.88 Å². The van der Waals surface area contributed by atoms with E-state index in [1.54, 1.807) is 0 Å². The van der Waals surface area contributed by atoms with Crippen LogP contribution in [0.15, 0.2) is 24.3 Å². The Morgan fingerprint density at radius 2 is 2.00 bits per heavy atom. The van der Waals surface area contributed by atoms with Crippen LogP contribution >= 0.6 is 11.6 Å². The molecule has 0 amide bonds. The van der Waals surface area contributed by atoms with Gasteiger partial charge in [-0.25, -0.2) is 0 Å². The van der Waals surface area contributed by atoms with Crippen LogP contribution in [0, 0.1) is 11.8 Å². The Morgan fingerprint density at radius 1 is 1.29 bits per heavy atom. The van der Waals surface area contributed by atoms with Crippen molar-refractivity contribution in [2.24, 2.45) is 0 Å². The minimum Gasteiger partial charge on any atom is -0.319 e. The van der Waals surface area contributed by atoms with Crippen molar-refractivity contribution in [1.82, 2.24) is 5.32 Å². The van der Waals surface area contributed by atoms with Gasteiger partial charge in [-0.1, -0.05) is 24.0 Å². The van der Waals surface area contributed by atoms with Crippen molar-refractivity contribution in [3.8, 4) is 11.8 Å². The Morgan fingerprint density at radius 3 is 2.57 bits per heavy atom. The second-order valence-corrected chi connectivity index (χ2v) is 3.25. The average molecular weight is 208 g/mol. The summed E-state index contributed by atoms with van der Waals surface area (Å²) in [5, 5.41) is 3.05. The van der Waals surface area contributed by atoms with E-state index in [9.17, 15) is 0 Å². The molecule has 1 nitrogen and oxygen atoms in total. The Balaban J connectivity index is 2.53. The van der Waals surface area contributed by atoms with E-state index in [-0.39, 0.29) is 0 Å². The summed E-state index contributed by atoms with van der Waals surface area (Å²) >= 11 is 5.68. The highest BCUT2D eigenvalue weighted by Crippen LogP contribution is 2.05. The maximum Gasteiger partial charge on any atom is 0.0474 e. The van der Waals surface area contributed by atoms with Crippen LogP contribution in [-0.4, -0.2) is 13.6 Å². The zero-order valence-electron chi connectivity index (χ0n) is 8.31. The van der Waals surface area contributed by atoms with Crippen molar-refractivity contribution in [1.29, 1.82) is 0 Å². The first-order chi connectivity index (χ1) is 6.86. The van der Waals surface area contributed by atoms with Crippen LogP contribution in [0.2, 0.25) is 0 Å². The molecule has 0 aliphatic heterocycles. The van der Waals surface area contributed by atoms with E-state index in [0.717, 1.165) is 24.1 Å². The first-order valence-corrected chi connectivity index (χ1v) is 5.18. The summed E-state index contributed by atoms with van der Waals surface area (Å²) in [7, 11) is 1.93. The van der Waals surface area contributed by atoms with Crippen LogP contribution in [0.4, 0.5) is 0 Å². The SMILES string of the molecule is CNCCC#Cc1ccc(CCl)cc1. The van der Waals surface area contributed by atoms with E-state index < -0.39 is 0 Å². The van der Waals surface area contributed by atoms with Crippen LogP contribution in [0.5, 0.6) is 0 Å². The van der Waals surface area contributed by atoms with Gasteiger partial charge in [-0.3, -0.25) is 0 Å². The van der Waals surface area contributed by atoms with Crippen molar-refractivity contribution in [2.75, 3.05) is 13.6 Å². The second kappa shape index (κ2) is 6.48. The quantitative estimate of drug-likeness (QED) is 0.456. The van der Waals surface area contributed by atoms with Crippen molar-refractivity contribution < 1.29 is 0 Å². The van der Waals surface area contributed by atoms with Gasteiger partial charge in [0.2, 0.25) is 0 Å². The molecule has 1 aromatic carbocycles. The van der Waals surface area contributed by atoms with Gasteiger partial charge in [-0.05, 0) is 24.7 Å². The summed E-state index contributed by atoms with van der Waals surface area (Å²) in [6, 6.07) is 8.03. The molecular formula is C12H14ClN. The maximum absolute atomic E-state index is 5.68. The van der Waals surface area contributed by atoms with Gasteiger partial charge in [0.15, 0.2) is 0 Å². The van der Waals surface area contributed by atoms with Crippen molar-refractivity contribution >= 4 is 11.6 Å². The van der Waals surface area contributed by atoms with Gasteiger partial charge in [-0.2, -0.15) is 0 Å². The lowest BCUT2D eigenvalue weighted by Gasteiger charge is -1.94. The summed E-state index contributed by atoms with van der Waals surface area (Å²) in [5.41, 5.74) is 2.18. The lowest BCUT2D eigenvalue weighted by molar-refractivity contribution is 0.818. The summed E-state index contributed by atoms with van der Waals surface area (Å²) in [5.74, 6) is 6.76. The molecule has 0 spiro atoms. The number of rotatable bonds is 3. The molecule has 0 saturated heterocycles. The van der Waals surface area contributed by atoms with E-state index in [1.165, 1.54) is 0 Å². The highest BCUT2D eigenvalue weighted by Gasteiger charge is 1.89. The normalized spacial score (nSPS) is 9.29. The van der Waals surface area contributed by atoms with Gasteiger partial charge in [0.05, 0.1) is 0 Å². The van der Waals surface area contributed by atoms with Crippen molar-refractivity contribution in [2.45, 2.75) is 12.3 Å². The van der Waals surface area contributed by atoms with Crippen molar-refractivity contribution in [3.05, 3.63) is 35.4 Å². The highest BCUT2D eigenvalue weighted by atomic mass is 35.5. The molecular weight excluding hydrogens is 194 g/mol. The lowest BCUT2D eigenvalue weighted by atomic mass is 10.1. The average Bonchev–Trinajstić information content (AvgIpc) is 2.25. The van der Waals surface area contributed by atoms with Crippen LogP contribution in [0.25, 0.3) is 0 Å². The Hall–Kier alpha value is -0.970. The minimum atomic E-state index is 0.563.